The van der Waals surface area contributed by atoms with E-state index < -0.39 is 6.09 Å². The number of rotatable bonds is 4. The van der Waals surface area contributed by atoms with E-state index in [1.165, 1.54) is 12.0 Å². The maximum absolute atomic E-state index is 13.3. The van der Waals surface area contributed by atoms with Gasteiger partial charge in [0.15, 0.2) is 5.65 Å². The Hall–Kier alpha value is -4.78. The highest BCUT2D eigenvalue weighted by Gasteiger charge is 2.19. The van der Waals surface area contributed by atoms with Gasteiger partial charge in [0, 0.05) is 30.7 Å². The summed E-state index contributed by atoms with van der Waals surface area (Å²) >= 11 is 0. The summed E-state index contributed by atoms with van der Waals surface area (Å²) in [5, 5.41) is 11.7. The van der Waals surface area contributed by atoms with E-state index in [-0.39, 0.29) is 11.6 Å². The van der Waals surface area contributed by atoms with E-state index in [4.69, 9.17) is 5.26 Å². The zero-order valence-electron chi connectivity index (χ0n) is 19.0. The second kappa shape index (κ2) is 8.99. The topological polar surface area (TPSA) is 126 Å². The van der Waals surface area contributed by atoms with E-state index in [1.807, 2.05) is 6.92 Å². The summed E-state index contributed by atoms with van der Waals surface area (Å²) in [7, 11) is 2.94. The first kappa shape index (κ1) is 22.4. The van der Waals surface area contributed by atoms with Crippen molar-refractivity contribution in [3.63, 3.8) is 0 Å². The van der Waals surface area contributed by atoms with E-state index in [2.05, 4.69) is 31.1 Å². The molecule has 34 heavy (non-hydrogen) atoms. The number of aromatic nitrogens is 4. The molecule has 4 rings (SSSR count). The van der Waals surface area contributed by atoms with E-state index in [1.54, 1.807) is 67.3 Å². The third-order valence-electron chi connectivity index (χ3n) is 5.38. The first-order chi connectivity index (χ1) is 16.3. The van der Waals surface area contributed by atoms with Crippen LogP contribution in [0.5, 0.6) is 0 Å². The van der Waals surface area contributed by atoms with Gasteiger partial charge >= 0.3 is 6.09 Å². The number of methoxy groups -OCH3 is 1. The maximum Gasteiger partial charge on any atom is 0.412 e. The highest BCUT2D eigenvalue weighted by Crippen LogP contribution is 2.24. The minimum Gasteiger partial charge on any atom is -0.453 e. The Morgan fingerprint density at radius 3 is 2.59 bits per heavy atom. The van der Waals surface area contributed by atoms with Crippen molar-refractivity contribution in [2.45, 2.75) is 13.8 Å². The summed E-state index contributed by atoms with van der Waals surface area (Å²) in [4.78, 5) is 39.3. The number of aryl methyl sites for hydroxylation is 2. The number of anilines is 2. The van der Waals surface area contributed by atoms with Gasteiger partial charge in [0.25, 0.3) is 5.91 Å². The average molecular weight is 455 g/mol. The number of benzene rings is 1. The van der Waals surface area contributed by atoms with E-state index >= 15 is 0 Å². The molecule has 4 aromatic rings. The fourth-order valence-electron chi connectivity index (χ4n) is 3.50. The molecule has 10 heteroatoms. The molecule has 1 N–H and O–H groups in total. The number of fused-ring (bicyclic) bond motifs is 1. The minimum atomic E-state index is -0.610. The van der Waals surface area contributed by atoms with Crippen LogP contribution in [0.1, 0.15) is 27.3 Å². The van der Waals surface area contributed by atoms with Crippen molar-refractivity contribution in [2.24, 2.45) is 0 Å². The number of nitrogens with zero attached hydrogens (tertiary/aromatic N) is 6. The molecule has 2 amide bonds. The molecule has 0 fully saturated rings. The van der Waals surface area contributed by atoms with Gasteiger partial charge in [-0.2, -0.15) is 5.26 Å². The van der Waals surface area contributed by atoms with E-state index in [0.717, 1.165) is 11.1 Å². The van der Waals surface area contributed by atoms with Gasteiger partial charge in [0.05, 0.1) is 36.3 Å². The minimum absolute atomic E-state index is 0.241. The zero-order valence-corrected chi connectivity index (χ0v) is 19.0. The largest absolute Gasteiger partial charge is 0.453 e. The van der Waals surface area contributed by atoms with Crippen LogP contribution in [0.2, 0.25) is 0 Å². The molecule has 1 aromatic carbocycles. The number of imidazole rings is 1. The van der Waals surface area contributed by atoms with Gasteiger partial charge in [-0.25, -0.2) is 19.7 Å². The van der Waals surface area contributed by atoms with Crippen LogP contribution >= 0.6 is 0 Å². The van der Waals surface area contributed by atoms with Gasteiger partial charge < -0.3 is 9.64 Å². The third kappa shape index (κ3) is 4.14. The maximum atomic E-state index is 13.3. The average Bonchev–Trinajstić information content (AvgIpc) is 3.28. The molecule has 170 valence electrons. The molecule has 0 aliphatic rings. The smallest absolute Gasteiger partial charge is 0.412 e. The summed E-state index contributed by atoms with van der Waals surface area (Å²) in [5.74, 6) is 0.0435. The molecule has 0 bridgehead atoms. The Kier molecular flexibility index (Phi) is 5.93. The Labute approximate surface area is 195 Å². The number of hydrogen-bond acceptors (Lipinski definition) is 7. The molecule has 10 nitrogen and oxygen atoms in total. The number of hydrogen-bond donors (Lipinski definition) is 1. The molecule has 0 radical (unpaired) electrons. The predicted octanol–water partition coefficient (Wildman–Crippen LogP) is 3.73. The third-order valence-corrected chi connectivity index (χ3v) is 5.38. The number of ether oxygens (including phenoxy) is 1. The molecule has 3 aromatic heterocycles. The standard InChI is InChI=1S/C24H21N7O3/c1-14-9-18(7-5-16(14)10-25)30(3)23(32)19-13-31-20(12-27-22(31)15(2)28-19)17-6-8-21(26-11-17)29-24(33)34-4/h5-9,11-13H,1-4H3,(H,26,29,33). The summed E-state index contributed by atoms with van der Waals surface area (Å²) in [6.45, 7) is 3.61. The normalized spacial score (nSPS) is 10.6. The first-order valence-corrected chi connectivity index (χ1v) is 10.3. The van der Waals surface area contributed by atoms with Gasteiger partial charge in [-0.1, -0.05) is 0 Å². The van der Waals surface area contributed by atoms with Crippen LogP contribution in [0.25, 0.3) is 16.9 Å². The summed E-state index contributed by atoms with van der Waals surface area (Å²) in [6, 6.07) is 10.8. The lowest BCUT2D eigenvalue weighted by Crippen LogP contribution is -2.27. The second-order valence-electron chi connectivity index (χ2n) is 7.57. The summed E-state index contributed by atoms with van der Waals surface area (Å²) in [6.07, 6.45) is 4.30. The highest BCUT2D eigenvalue weighted by molar-refractivity contribution is 6.04. The van der Waals surface area contributed by atoms with Crippen molar-refractivity contribution in [2.75, 3.05) is 24.4 Å². The lowest BCUT2D eigenvalue weighted by Gasteiger charge is -2.18. The van der Waals surface area contributed by atoms with Gasteiger partial charge in [0.1, 0.15) is 11.5 Å². The fraction of sp³-hybridized carbons (Fsp3) is 0.167. The van der Waals surface area contributed by atoms with Crippen LogP contribution in [-0.2, 0) is 4.74 Å². The molecule has 3 heterocycles. The molecule has 0 spiro atoms. The number of carbonyl (C=O) groups excluding carboxylic acids is 2. The van der Waals surface area contributed by atoms with Gasteiger partial charge in [-0.3, -0.25) is 14.5 Å². The fourth-order valence-corrected chi connectivity index (χ4v) is 3.50. The van der Waals surface area contributed by atoms with Gasteiger partial charge in [-0.05, 0) is 49.7 Å². The summed E-state index contributed by atoms with van der Waals surface area (Å²) in [5.41, 5.74) is 4.90. The first-order valence-electron chi connectivity index (χ1n) is 10.3. The number of pyridine rings is 1. The van der Waals surface area contributed by atoms with E-state index in [0.29, 0.717) is 34.1 Å². The molecule has 0 saturated heterocycles. The zero-order chi connectivity index (χ0) is 24.4. The van der Waals surface area contributed by atoms with Crippen molar-refractivity contribution in [3.05, 3.63) is 71.4 Å². The Balaban J connectivity index is 1.69. The van der Waals surface area contributed by atoms with Crippen LogP contribution in [0.15, 0.2) is 48.9 Å². The monoisotopic (exact) mass is 455 g/mol. The Bertz CT molecular complexity index is 1450. The number of nitrogens with one attached hydrogen (secondary N) is 1. The van der Waals surface area contributed by atoms with Crippen molar-refractivity contribution in [3.8, 4) is 17.3 Å². The number of amides is 2. The highest BCUT2D eigenvalue weighted by atomic mass is 16.5. The predicted molar refractivity (Wildman–Crippen MR) is 126 cm³/mol. The molecule has 0 aliphatic heterocycles. The molecule has 0 aliphatic carbocycles. The lowest BCUT2D eigenvalue weighted by molar-refractivity contribution is 0.0987. The van der Waals surface area contributed by atoms with Crippen LogP contribution in [0, 0.1) is 25.2 Å². The molecule has 0 saturated carbocycles. The summed E-state index contributed by atoms with van der Waals surface area (Å²) < 4.78 is 6.36. The van der Waals surface area contributed by atoms with Crippen molar-refractivity contribution in [1.82, 2.24) is 19.4 Å². The lowest BCUT2D eigenvalue weighted by atomic mass is 10.1. The Morgan fingerprint density at radius 2 is 1.94 bits per heavy atom. The number of carbonyl (C=O) groups is 2. The molecular weight excluding hydrogens is 434 g/mol. The second-order valence-corrected chi connectivity index (χ2v) is 7.57. The van der Waals surface area contributed by atoms with Crippen molar-refractivity contribution in [1.29, 1.82) is 5.26 Å². The van der Waals surface area contributed by atoms with Crippen molar-refractivity contribution < 1.29 is 14.3 Å². The Morgan fingerprint density at radius 1 is 1.15 bits per heavy atom. The molecular formula is C24H21N7O3. The quantitative estimate of drug-likeness (QED) is 0.497. The van der Waals surface area contributed by atoms with Gasteiger partial charge in [-0.15, -0.1) is 0 Å². The van der Waals surface area contributed by atoms with Crippen molar-refractivity contribution >= 4 is 29.2 Å². The number of nitriles is 1. The SMILES string of the molecule is COC(=O)Nc1ccc(-c2cnc3c(C)nc(C(=O)N(C)c4ccc(C#N)c(C)c4)cn23)cn1. The molecule has 0 unspecified atom stereocenters. The van der Waals surface area contributed by atoms with Crippen LogP contribution in [0.4, 0.5) is 16.3 Å². The van der Waals surface area contributed by atoms with Crippen LogP contribution in [0.3, 0.4) is 0 Å². The van der Waals surface area contributed by atoms with Crippen LogP contribution in [-0.4, -0.2) is 45.5 Å². The van der Waals surface area contributed by atoms with E-state index in [9.17, 15) is 9.59 Å². The van der Waals surface area contributed by atoms with Gasteiger partial charge in [0.2, 0.25) is 0 Å². The molecule has 0 atom stereocenters. The van der Waals surface area contributed by atoms with Crippen LogP contribution < -0.4 is 10.2 Å².